The summed E-state index contributed by atoms with van der Waals surface area (Å²) in [4.78, 5) is 22.3. The zero-order chi connectivity index (χ0) is 16.4. The number of nitro benzene ring substituents is 1. The largest absolute Gasteiger partial charge is 0.456 e. The van der Waals surface area contributed by atoms with Crippen molar-refractivity contribution in [2.24, 2.45) is 5.10 Å². The number of amides is 1. The molecule has 0 aliphatic carbocycles. The molecule has 3 rings (SSSR count). The highest BCUT2D eigenvalue weighted by Gasteiger charge is 2.22. The average Bonchev–Trinajstić information content (AvgIpc) is 3.14. The van der Waals surface area contributed by atoms with Crippen LogP contribution < -0.4 is 14.9 Å². The molecule has 0 saturated carbocycles. The number of hydrazone groups is 1. The molecule has 0 saturated heterocycles. The zero-order valence-electron chi connectivity index (χ0n) is 11.9. The molecule has 1 aliphatic rings. The minimum absolute atomic E-state index is 0.00165. The molecule has 118 valence electrons. The smallest absolute Gasteiger partial charge is 0.307 e. The van der Waals surface area contributed by atoms with E-state index in [0.717, 1.165) is 6.21 Å². The Bertz CT molecular complexity index is 811. The molecule has 9 nitrogen and oxygen atoms in total. The van der Waals surface area contributed by atoms with Gasteiger partial charge in [0, 0.05) is 0 Å². The molecule has 2 aromatic rings. The number of nitro groups is 1. The van der Waals surface area contributed by atoms with E-state index < -0.39 is 10.8 Å². The first-order valence-corrected chi connectivity index (χ1v) is 6.52. The van der Waals surface area contributed by atoms with Crippen LogP contribution in [0.15, 0.2) is 33.8 Å². The van der Waals surface area contributed by atoms with Crippen LogP contribution in [0.5, 0.6) is 11.5 Å². The van der Waals surface area contributed by atoms with E-state index in [0.29, 0.717) is 17.3 Å². The Morgan fingerprint density at radius 2 is 2.09 bits per heavy atom. The Balaban J connectivity index is 1.79. The molecule has 1 aromatic carbocycles. The summed E-state index contributed by atoms with van der Waals surface area (Å²) >= 11 is 0. The second-order valence-corrected chi connectivity index (χ2v) is 4.63. The minimum Gasteiger partial charge on any atom is -0.456 e. The number of furan rings is 1. The lowest BCUT2D eigenvalue weighted by Gasteiger charge is -2.00. The summed E-state index contributed by atoms with van der Waals surface area (Å²) in [7, 11) is 0. The number of hydrogen-bond acceptors (Lipinski definition) is 7. The number of ether oxygens (including phenoxy) is 2. The summed E-state index contributed by atoms with van der Waals surface area (Å²) in [6, 6.07) is 5.82. The van der Waals surface area contributed by atoms with Gasteiger partial charge in [-0.05, 0) is 25.1 Å². The highest BCUT2D eigenvalue weighted by atomic mass is 16.7. The number of hydrogen-bond donors (Lipinski definition) is 1. The van der Waals surface area contributed by atoms with E-state index in [1.807, 2.05) is 0 Å². The molecular weight excluding hydrogens is 306 g/mol. The van der Waals surface area contributed by atoms with Gasteiger partial charge >= 0.3 is 5.91 Å². The first-order chi connectivity index (χ1) is 11.0. The Hall–Kier alpha value is -3.36. The molecule has 0 atom stereocenters. The van der Waals surface area contributed by atoms with Gasteiger partial charge in [-0.2, -0.15) is 5.10 Å². The molecule has 1 aromatic heterocycles. The maximum absolute atomic E-state index is 11.8. The van der Waals surface area contributed by atoms with Crippen LogP contribution >= 0.6 is 0 Å². The van der Waals surface area contributed by atoms with Crippen LogP contribution in [-0.4, -0.2) is 23.8 Å². The Morgan fingerprint density at radius 1 is 1.35 bits per heavy atom. The molecule has 0 radical (unpaired) electrons. The SMILES string of the molecule is Cc1ccc(C(=O)NN=Cc2cc3c(cc2[N+](=O)[O-])OCO3)o1. The van der Waals surface area contributed by atoms with Crippen LogP contribution in [0.1, 0.15) is 21.9 Å². The third-order valence-electron chi connectivity index (χ3n) is 3.05. The quantitative estimate of drug-likeness (QED) is 0.523. The van der Waals surface area contributed by atoms with E-state index >= 15 is 0 Å². The fourth-order valence-electron chi connectivity index (χ4n) is 1.98. The third-order valence-corrected chi connectivity index (χ3v) is 3.05. The third kappa shape index (κ3) is 2.98. The molecule has 1 aliphatic heterocycles. The molecule has 0 spiro atoms. The van der Waals surface area contributed by atoms with Gasteiger partial charge in [0.1, 0.15) is 5.76 Å². The second-order valence-electron chi connectivity index (χ2n) is 4.63. The average molecular weight is 317 g/mol. The molecule has 1 N–H and O–H groups in total. The van der Waals surface area contributed by atoms with E-state index in [2.05, 4.69) is 10.5 Å². The summed E-state index contributed by atoms with van der Waals surface area (Å²) in [5.41, 5.74) is 2.21. The van der Waals surface area contributed by atoms with E-state index in [1.165, 1.54) is 18.2 Å². The number of benzene rings is 1. The normalized spacial score (nSPS) is 12.6. The lowest BCUT2D eigenvalue weighted by molar-refractivity contribution is -0.385. The van der Waals surface area contributed by atoms with Crippen molar-refractivity contribution in [3.8, 4) is 11.5 Å². The summed E-state index contributed by atoms with van der Waals surface area (Å²) in [6.07, 6.45) is 1.16. The number of carbonyl (C=O) groups excluding carboxylic acids is 1. The van der Waals surface area contributed by atoms with Gasteiger partial charge in [0.2, 0.25) is 6.79 Å². The van der Waals surface area contributed by atoms with Crippen molar-refractivity contribution >= 4 is 17.8 Å². The van der Waals surface area contributed by atoms with Crippen LogP contribution in [0.4, 0.5) is 5.69 Å². The number of nitrogens with one attached hydrogen (secondary N) is 1. The van der Waals surface area contributed by atoms with E-state index in [1.54, 1.807) is 13.0 Å². The minimum atomic E-state index is -0.568. The standard InChI is InChI=1S/C14H11N3O6/c1-8-2-3-11(23-8)14(18)16-15-6-9-4-12-13(22-7-21-12)5-10(9)17(19)20/h2-6H,7H2,1H3,(H,16,18). The Labute approximate surface area is 129 Å². The maximum Gasteiger partial charge on any atom is 0.307 e. The van der Waals surface area contributed by atoms with Gasteiger partial charge in [0.25, 0.3) is 5.69 Å². The van der Waals surface area contributed by atoms with Crippen molar-refractivity contribution in [2.75, 3.05) is 6.79 Å². The Kier molecular flexibility index (Phi) is 3.67. The molecule has 0 unspecified atom stereocenters. The first kappa shape index (κ1) is 14.6. The lowest BCUT2D eigenvalue weighted by Crippen LogP contribution is -2.16. The fourth-order valence-corrected chi connectivity index (χ4v) is 1.98. The van der Waals surface area contributed by atoms with Crippen molar-refractivity contribution < 1.29 is 23.6 Å². The molecule has 23 heavy (non-hydrogen) atoms. The van der Waals surface area contributed by atoms with Crippen LogP contribution in [-0.2, 0) is 0 Å². The van der Waals surface area contributed by atoms with E-state index in [9.17, 15) is 14.9 Å². The van der Waals surface area contributed by atoms with Crippen LogP contribution in [0.3, 0.4) is 0 Å². The summed E-state index contributed by atoms with van der Waals surface area (Å²) in [5.74, 6) is 0.803. The molecule has 2 heterocycles. The van der Waals surface area contributed by atoms with Crippen molar-refractivity contribution in [3.63, 3.8) is 0 Å². The summed E-state index contributed by atoms with van der Waals surface area (Å²) < 4.78 is 15.4. The molecule has 0 bridgehead atoms. The summed E-state index contributed by atoms with van der Waals surface area (Å²) in [6.45, 7) is 1.71. The van der Waals surface area contributed by atoms with Crippen molar-refractivity contribution in [1.29, 1.82) is 0 Å². The topological polar surface area (TPSA) is 116 Å². The van der Waals surface area contributed by atoms with Crippen LogP contribution in [0.2, 0.25) is 0 Å². The van der Waals surface area contributed by atoms with E-state index in [4.69, 9.17) is 13.9 Å². The predicted octanol–water partition coefficient (Wildman–Crippen LogP) is 1.99. The number of nitrogens with zero attached hydrogens (tertiary/aromatic N) is 2. The maximum atomic E-state index is 11.8. The molecule has 1 amide bonds. The van der Waals surface area contributed by atoms with Crippen LogP contribution in [0.25, 0.3) is 0 Å². The molecule has 0 fully saturated rings. The number of aryl methyl sites for hydroxylation is 1. The van der Waals surface area contributed by atoms with Gasteiger partial charge in [0.05, 0.1) is 22.8 Å². The second kappa shape index (κ2) is 5.79. The fraction of sp³-hybridized carbons (Fsp3) is 0.143. The highest BCUT2D eigenvalue weighted by molar-refractivity contribution is 5.93. The van der Waals surface area contributed by atoms with Gasteiger partial charge in [0.15, 0.2) is 17.3 Å². The van der Waals surface area contributed by atoms with Gasteiger partial charge < -0.3 is 13.9 Å². The first-order valence-electron chi connectivity index (χ1n) is 6.52. The van der Waals surface area contributed by atoms with Crippen LogP contribution in [0, 0.1) is 17.0 Å². The summed E-state index contributed by atoms with van der Waals surface area (Å²) in [5, 5.41) is 14.8. The Morgan fingerprint density at radius 3 is 2.74 bits per heavy atom. The number of fused-ring (bicyclic) bond motifs is 1. The molecular formula is C14H11N3O6. The van der Waals surface area contributed by atoms with Crippen molar-refractivity contribution in [2.45, 2.75) is 6.92 Å². The van der Waals surface area contributed by atoms with Gasteiger partial charge in [-0.3, -0.25) is 14.9 Å². The zero-order valence-corrected chi connectivity index (χ0v) is 11.9. The van der Waals surface area contributed by atoms with Crippen molar-refractivity contribution in [1.82, 2.24) is 5.43 Å². The van der Waals surface area contributed by atoms with E-state index in [-0.39, 0.29) is 23.8 Å². The number of rotatable bonds is 4. The lowest BCUT2D eigenvalue weighted by atomic mass is 10.1. The van der Waals surface area contributed by atoms with Gasteiger partial charge in [-0.15, -0.1) is 0 Å². The number of carbonyl (C=O) groups is 1. The van der Waals surface area contributed by atoms with Gasteiger partial charge in [-0.25, -0.2) is 5.43 Å². The predicted molar refractivity (Wildman–Crippen MR) is 77.7 cm³/mol. The molecule has 9 heteroatoms. The highest BCUT2D eigenvalue weighted by Crippen LogP contribution is 2.37. The van der Waals surface area contributed by atoms with Gasteiger partial charge in [-0.1, -0.05) is 0 Å². The van der Waals surface area contributed by atoms with Crippen molar-refractivity contribution in [3.05, 3.63) is 51.5 Å². The monoisotopic (exact) mass is 317 g/mol.